The summed E-state index contributed by atoms with van der Waals surface area (Å²) < 4.78 is 19.4. The number of carbonyl (C=O) groups excluding carboxylic acids is 2. The van der Waals surface area contributed by atoms with Crippen LogP contribution in [-0.2, 0) is 9.59 Å². The number of hydrogen-bond donors (Lipinski definition) is 3. The van der Waals surface area contributed by atoms with Crippen molar-refractivity contribution in [2.24, 2.45) is 0 Å². The SMILES string of the molecule is CC1=C(C(=O)Nc2ccccc2)[C@@H](c2ccco2)C(C#N)=C(SCC(=O)Nc2ccccc2F)N1. The highest BCUT2D eigenvalue weighted by molar-refractivity contribution is 8.03. The Kier molecular flexibility index (Phi) is 7.33. The Hall–Kier alpha value is -4.29. The van der Waals surface area contributed by atoms with E-state index in [1.54, 1.807) is 37.3 Å². The van der Waals surface area contributed by atoms with Gasteiger partial charge in [0.2, 0.25) is 5.91 Å². The number of nitrogens with zero attached hydrogens (tertiary/aromatic N) is 1. The van der Waals surface area contributed by atoms with Crippen LogP contribution in [0.1, 0.15) is 18.6 Å². The van der Waals surface area contributed by atoms with Gasteiger partial charge in [0.25, 0.3) is 5.91 Å². The van der Waals surface area contributed by atoms with E-state index in [1.165, 1.54) is 24.5 Å². The predicted octanol–water partition coefficient (Wildman–Crippen LogP) is 5.13. The van der Waals surface area contributed by atoms with E-state index in [4.69, 9.17) is 4.42 Å². The molecule has 0 saturated carbocycles. The molecule has 4 rings (SSSR count). The van der Waals surface area contributed by atoms with Gasteiger partial charge < -0.3 is 20.4 Å². The largest absolute Gasteiger partial charge is 0.468 e. The Bertz CT molecular complexity index is 1340. The van der Waals surface area contributed by atoms with E-state index in [1.807, 2.05) is 18.2 Å². The topological polar surface area (TPSA) is 107 Å². The molecule has 0 bridgehead atoms. The molecule has 9 heteroatoms. The summed E-state index contributed by atoms with van der Waals surface area (Å²) in [6, 6.07) is 20.4. The van der Waals surface area contributed by atoms with Crippen LogP contribution in [0.2, 0.25) is 0 Å². The molecule has 1 aliphatic rings. The number of amides is 2. The summed E-state index contributed by atoms with van der Waals surface area (Å²) in [5, 5.41) is 18.9. The van der Waals surface area contributed by atoms with Gasteiger partial charge in [-0.25, -0.2) is 4.39 Å². The van der Waals surface area contributed by atoms with Crippen molar-refractivity contribution in [1.82, 2.24) is 5.32 Å². The second-order valence-corrected chi connectivity index (χ2v) is 8.59. The minimum atomic E-state index is -0.767. The lowest BCUT2D eigenvalue weighted by atomic mass is 9.85. The smallest absolute Gasteiger partial charge is 0.254 e. The minimum absolute atomic E-state index is 0.0774. The molecule has 0 spiro atoms. The van der Waals surface area contributed by atoms with Crippen LogP contribution in [0.5, 0.6) is 0 Å². The molecule has 35 heavy (non-hydrogen) atoms. The number of rotatable bonds is 7. The third-order valence-electron chi connectivity index (χ3n) is 5.25. The van der Waals surface area contributed by atoms with Gasteiger partial charge in [0.05, 0.1) is 45.9 Å². The number of furan rings is 1. The summed E-state index contributed by atoms with van der Waals surface area (Å²) in [5.74, 6) is -1.77. The molecular formula is C26H21FN4O3S. The van der Waals surface area contributed by atoms with Crippen molar-refractivity contribution in [1.29, 1.82) is 5.26 Å². The lowest BCUT2D eigenvalue weighted by Gasteiger charge is -2.28. The van der Waals surface area contributed by atoms with Crippen molar-refractivity contribution in [2.75, 3.05) is 16.4 Å². The quantitative estimate of drug-likeness (QED) is 0.426. The third-order valence-corrected chi connectivity index (χ3v) is 6.26. The molecule has 7 nitrogen and oxygen atoms in total. The second kappa shape index (κ2) is 10.8. The molecule has 1 aromatic heterocycles. The number of hydrogen-bond acceptors (Lipinski definition) is 6. The number of allylic oxidation sites excluding steroid dienone is 2. The maximum absolute atomic E-state index is 13.9. The Balaban J connectivity index is 1.58. The summed E-state index contributed by atoms with van der Waals surface area (Å²) >= 11 is 1.09. The van der Waals surface area contributed by atoms with E-state index in [-0.39, 0.29) is 22.9 Å². The van der Waals surface area contributed by atoms with E-state index >= 15 is 0 Å². The van der Waals surface area contributed by atoms with Gasteiger partial charge in [-0.2, -0.15) is 5.26 Å². The summed E-state index contributed by atoms with van der Waals surface area (Å²) in [6.07, 6.45) is 1.48. The maximum atomic E-state index is 13.9. The lowest BCUT2D eigenvalue weighted by Crippen LogP contribution is -2.31. The van der Waals surface area contributed by atoms with E-state index in [2.05, 4.69) is 22.0 Å². The standard InChI is InChI=1S/C26H21FN4O3S/c1-16-23(25(33)30-17-8-3-2-4-9-17)24(21-12-7-13-34-21)18(14-28)26(29-16)35-15-22(32)31-20-11-6-5-10-19(20)27/h2-13,24,29H,15H2,1H3,(H,30,33)(H,31,32)/t24-/m1/s1. The molecule has 2 heterocycles. The molecule has 2 aromatic carbocycles. The van der Waals surface area contributed by atoms with Crippen LogP contribution >= 0.6 is 11.8 Å². The van der Waals surface area contributed by atoms with Gasteiger partial charge in [0.1, 0.15) is 11.6 Å². The third kappa shape index (κ3) is 5.45. The number of dihydropyridines is 1. The Morgan fingerprint density at radius 2 is 1.83 bits per heavy atom. The van der Waals surface area contributed by atoms with Crippen LogP contribution < -0.4 is 16.0 Å². The van der Waals surface area contributed by atoms with Gasteiger partial charge in [0.15, 0.2) is 0 Å². The molecule has 1 aliphatic heterocycles. The molecule has 3 aromatic rings. The second-order valence-electron chi connectivity index (χ2n) is 7.60. The fourth-order valence-electron chi connectivity index (χ4n) is 3.67. The number of carbonyl (C=O) groups is 2. The molecule has 2 amide bonds. The first kappa shape index (κ1) is 23.9. The maximum Gasteiger partial charge on any atom is 0.254 e. The van der Waals surface area contributed by atoms with Gasteiger partial charge in [-0.05, 0) is 43.3 Å². The van der Waals surface area contributed by atoms with Gasteiger partial charge >= 0.3 is 0 Å². The zero-order valence-corrected chi connectivity index (χ0v) is 19.5. The molecule has 0 unspecified atom stereocenters. The van der Waals surface area contributed by atoms with Crippen molar-refractivity contribution < 1.29 is 18.4 Å². The number of nitriles is 1. The number of halogens is 1. The molecule has 3 N–H and O–H groups in total. The highest BCUT2D eigenvalue weighted by Gasteiger charge is 2.36. The molecule has 0 saturated heterocycles. The molecule has 0 radical (unpaired) electrons. The van der Waals surface area contributed by atoms with Gasteiger partial charge in [-0.15, -0.1) is 0 Å². The Labute approximate surface area is 205 Å². The Morgan fingerprint density at radius 3 is 2.51 bits per heavy atom. The first-order chi connectivity index (χ1) is 17.0. The molecule has 176 valence electrons. The van der Waals surface area contributed by atoms with E-state index in [0.717, 1.165) is 11.8 Å². The van der Waals surface area contributed by atoms with Crippen LogP contribution in [0.4, 0.5) is 15.8 Å². The highest BCUT2D eigenvalue weighted by Crippen LogP contribution is 2.41. The lowest BCUT2D eigenvalue weighted by molar-refractivity contribution is -0.114. The first-order valence-electron chi connectivity index (χ1n) is 10.7. The summed E-state index contributed by atoms with van der Waals surface area (Å²) in [6.45, 7) is 1.73. The van der Waals surface area contributed by atoms with Crippen molar-refractivity contribution in [3.05, 3.63) is 106 Å². The normalized spacial score (nSPS) is 15.3. The number of nitrogens with one attached hydrogen (secondary N) is 3. The average molecular weight is 489 g/mol. The number of anilines is 2. The van der Waals surface area contributed by atoms with Crippen LogP contribution in [0, 0.1) is 17.1 Å². The molecular weight excluding hydrogens is 467 g/mol. The number of benzene rings is 2. The fraction of sp³-hybridized carbons (Fsp3) is 0.115. The zero-order valence-electron chi connectivity index (χ0n) is 18.7. The fourth-order valence-corrected chi connectivity index (χ4v) is 4.57. The molecule has 0 fully saturated rings. The summed E-state index contributed by atoms with van der Waals surface area (Å²) in [7, 11) is 0. The van der Waals surface area contributed by atoms with Crippen molar-refractivity contribution in [3.63, 3.8) is 0 Å². The highest BCUT2D eigenvalue weighted by atomic mass is 32.2. The number of thioether (sulfide) groups is 1. The van der Waals surface area contributed by atoms with E-state index in [0.29, 0.717) is 27.7 Å². The van der Waals surface area contributed by atoms with Crippen molar-refractivity contribution in [2.45, 2.75) is 12.8 Å². The van der Waals surface area contributed by atoms with Crippen molar-refractivity contribution in [3.8, 4) is 6.07 Å². The predicted molar refractivity (Wildman–Crippen MR) is 132 cm³/mol. The average Bonchev–Trinajstić information content (AvgIpc) is 3.39. The van der Waals surface area contributed by atoms with Crippen LogP contribution in [0.15, 0.2) is 99.3 Å². The van der Waals surface area contributed by atoms with E-state index < -0.39 is 17.6 Å². The monoisotopic (exact) mass is 488 g/mol. The number of para-hydroxylation sites is 2. The van der Waals surface area contributed by atoms with Crippen LogP contribution in [-0.4, -0.2) is 17.6 Å². The van der Waals surface area contributed by atoms with Gasteiger partial charge in [-0.1, -0.05) is 42.1 Å². The van der Waals surface area contributed by atoms with Crippen molar-refractivity contribution >= 4 is 35.0 Å². The molecule has 1 atom stereocenters. The zero-order chi connectivity index (χ0) is 24.8. The summed E-state index contributed by atoms with van der Waals surface area (Å²) in [5.41, 5.74) is 1.79. The van der Waals surface area contributed by atoms with E-state index in [9.17, 15) is 19.2 Å². The van der Waals surface area contributed by atoms with Crippen LogP contribution in [0.3, 0.4) is 0 Å². The van der Waals surface area contributed by atoms with Gasteiger partial charge in [-0.3, -0.25) is 9.59 Å². The van der Waals surface area contributed by atoms with Crippen LogP contribution in [0.25, 0.3) is 0 Å². The first-order valence-corrected chi connectivity index (χ1v) is 11.7. The van der Waals surface area contributed by atoms with Gasteiger partial charge in [0, 0.05) is 11.4 Å². The minimum Gasteiger partial charge on any atom is -0.468 e. The Morgan fingerprint density at radius 1 is 1.09 bits per heavy atom. The summed E-state index contributed by atoms with van der Waals surface area (Å²) in [4.78, 5) is 25.7. The molecule has 0 aliphatic carbocycles.